The summed E-state index contributed by atoms with van der Waals surface area (Å²) in [5, 5.41) is 0. The molecule has 2 aromatic carbocycles. The summed E-state index contributed by atoms with van der Waals surface area (Å²) in [5.41, 5.74) is 2.86. The lowest BCUT2D eigenvalue weighted by atomic mass is 9.93. The van der Waals surface area contributed by atoms with Crippen molar-refractivity contribution in [2.24, 2.45) is 0 Å². The van der Waals surface area contributed by atoms with Gasteiger partial charge in [-0.3, -0.25) is 4.52 Å². The average Bonchev–Trinajstić information content (AvgIpc) is 2.52. The van der Waals surface area contributed by atoms with Gasteiger partial charge in [0.05, 0.1) is 12.2 Å². The van der Waals surface area contributed by atoms with Crippen LogP contribution < -0.4 is 4.52 Å². The first kappa shape index (κ1) is 18.7. The molecule has 0 N–H and O–H groups in total. The molecule has 0 radical (unpaired) electrons. The van der Waals surface area contributed by atoms with Crippen LogP contribution in [0.4, 0.5) is 13.2 Å². The molecule has 3 nitrogen and oxygen atoms in total. The molecule has 138 valence electrons. The topological polar surface area (TPSA) is 35.5 Å². The minimum Gasteiger partial charge on any atom is -0.421 e. The minimum absolute atomic E-state index is 0.189. The van der Waals surface area contributed by atoms with Gasteiger partial charge in [0.1, 0.15) is 5.75 Å². The van der Waals surface area contributed by atoms with Crippen molar-refractivity contribution >= 4 is 13.2 Å². The van der Waals surface area contributed by atoms with Crippen LogP contribution in [0.25, 0.3) is 5.57 Å². The highest BCUT2D eigenvalue weighted by atomic mass is 31.2. The van der Waals surface area contributed by atoms with E-state index >= 15 is 0 Å². The smallest absolute Gasteiger partial charge is 0.416 e. The van der Waals surface area contributed by atoms with Gasteiger partial charge in [0.15, 0.2) is 0 Å². The van der Waals surface area contributed by atoms with Crippen LogP contribution in [-0.2, 0) is 15.3 Å². The maximum atomic E-state index is 12.9. The third kappa shape index (κ3) is 3.57. The van der Waals surface area contributed by atoms with Gasteiger partial charge in [-0.15, -0.1) is 0 Å². The Morgan fingerprint density at radius 3 is 2.35 bits per heavy atom. The Morgan fingerprint density at radius 2 is 1.77 bits per heavy atom. The molecule has 0 amide bonds. The van der Waals surface area contributed by atoms with E-state index in [1.165, 1.54) is 17.9 Å². The predicted molar refractivity (Wildman–Crippen MR) is 94.3 cm³/mol. The monoisotopic (exact) mass is 382 g/mol. The van der Waals surface area contributed by atoms with Crippen molar-refractivity contribution in [1.29, 1.82) is 0 Å². The highest BCUT2D eigenvalue weighted by Crippen LogP contribution is 2.58. The third-order valence-corrected chi connectivity index (χ3v) is 5.70. The van der Waals surface area contributed by atoms with Crippen LogP contribution in [0.5, 0.6) is 5.75 Å². The summed E-state index contributed by atoms with van der Waals surface area (Å²) < 4.78 is 62.4. The zero-order valence-electron chi connectivity index (χ0n) is 14.6. The molecule has 0 bridgehead atoms. The lowest BCUT2D eigenvalue weighted by Gasteiger charge is -2.26. The first-order valence-electron chi connectivity index (χ1n) is 8.09. The molecule has 2 aromatic rings. The standard InChI is InChI=1S/C19H18F3O3P/c1-4-24-26(23)11-16(14-5-7-15(8-6-14)19(20,21)22)18-13(3)9-12(2)10-17(18)25-26/h5-11H,4H2,1-3H3. The van der Waals surface area contributed by atoms with Crippen molar-refractivity contribution in [3.63, 3.8) is 0 Å². The number of rotatable bonds is 3. The fourth-order valence-electron chi connectivity index (χ4n) is 3.03. The van der Waals surface area contributed by atoms with E-state index in [0.717, 1.165) is 23.3 Å². The Labute approximate surface area is 150 Å². The van der Waals surface area contributed by atoms with Crippen molar-refractivity contribution in [2.45, 2.75) is 26.9 Å². The normalized spacial score (nSPS) is 19.5. The van der Waals surface area contributed by atoms with Crippen molar-refractivity contribution in [3.05, 3.63) is 70.0 Å². The molecule has 1 aliphatic rings. The van der Waals surface area contributed by atoms with Gasteiger partial charge >= 0.3 is 13.8 Å². The summed E-state index contributed by atoms with van der Waals surface area (Å²) in [4.78, 5) is 0. The lowest BCUT2D eigenvalue weighted by Crippen LogP contribution is -2.08. The van der Waals surface area contributed by atoms with Crippen LogP contribution in [0, 0.1) is 13.8 Å². The van der Waals surface area contributed by atoms with E-state index in [0.29, 0.717) is 22.4 Å². The highest BCUT2D eigenvalue weighted by Gasteiger charge is 2.34. The van der Waals surface area contributed by atoms with Crippen molar-refractivity contribution in [3.8, 4) is 5.75 Å². The molecule has 1 unspecified atom stereocenters. The summed E-state index contributed by atoms with van der Waals surface area (Å²) in [7, 11) is -3.54. The van der Waals surface area contributed by atoms with Gasteiger partial charge in [0, 0.05) is 17.0 Å². The fraction of sp³-hybridized carbons (Fsp3) is 0.263. The molecule has 1 atom stereocenters. The second kappa shape index (κ2) is 6.60. The van der Waals surface area contributed by atoms with Crippen molar-refractivity contribution in [2.75, 3.05) is 6.61 Å². The zero-order chi connectivity index (χ0) is 19.1. The molecule has 7 heteroatoms. The number of benzene rings is 2. The minimum atomic E-state index is -4.41. The number of alkyl halides is 3. The zero-order valence-corrected chi connectivity index (χ0v) is 15.4. The summed E-state index contributed by atoms with van der Waals surface area (Å²) >= 11 is 0. The maximum absolute atomic E-state index is 12.9. The van der Waals surface area contributed by atoms with Crippen molar-refractivity contribution < 1.29 is 26.8 Å². The van der Waals surface area contributed by atoms with Gasteiger partial charge in [-0.1, -0.05) is 18.2 Å². The predicted octanol–water partition coefficient (Wildman–Crippen LogP) is 6.33. The Bertz CT molecular complexity index is 915. The molecule has 0 saturated carbocycles. The molecule has 0 fully saturated rings. The summed E-state index contributed by atoms with van der Waals surface area (Å²) in [6.07, 6.45) is -4.41. The first-order chi connectivity index (χ1) is 12.1. The molecule has 0 aliphatic carbocycles. The molecule has 0 saturated heterocycles. The van der Waals surface area contributed by atoms with Gasteiger partial charge in [-0.05, 0) is 55.7 Å². The maximum Gasteiger partial charge on any atom is 0.416 e. The van der Waals surface area contributed by atoms with E-state index in [4.69, 9.17) is 9.05 Å². The van der Waals surface area contributed by atoms with Gasteiger partial charge in [0.25, 0.3) is 0 Å². The van der Waals surface area contributed by atoms with Crippen LogP contribution >= 0.6 is 7.60 Å². The summed E-state index contributed by atoms with van der Waals surface area (Å²) in [5.74, 6) is 1.81. The quantitative estimate of drug-likeness (QED) is 0.582. The van der Waals surface area contributed by atoms with E-state index in [1.807, 2.05) is 19.9 Å². The SMILES string of the molecule is CCOP1(=O)C=C(c2ccc(C(F)(F)F)cc2)c2c(C)cc(C)cc2O1. The third-order valence-electron chi connectivity index (χ3n) is 4.06. The van der Waals surface area contributed by atoms with Gasteiger partial charge in [0.2, 0.25) is 0 Å². The van der Waals surface area contributed by atoms with Crippen LogP contribution in [-0.4, -0.2) is 6.61 Å². The largest absolute Gasteiger partial charge is 0.421 e. The van der Waals surface area contributed by atoms with Gasteiger partial charge in [-0.25, -0.2) is 4.57 Å². The van der Waals surface area contributed by atoms with E-state index in [2.05, 4.69) is 0 Å². The highest BCUT2D eigenvalue weighted by molar-refractivity contribution is 7.58. The van der Waals surface area contributed by atoms with Crippen LogP contribution in [0.15, 0.2) is 42.2 Å². The molecular weight excluding hydrogens is 364 g/mol. The molecule has 26 heavy (non-hydrogen) atoms. The number of hydrogen-bond acceptors (Lipinski definition) is 3. The molecular formula is C19H18F3O3P. The molecule has 3 rings (SSSR count). The fourth-order valence-corrected chi connectivity index (χ4v) is 4.59. The summed E-state index contributed by atoms with van der Waals surface area (Å²) in [6, 6.07) is 8.47. The number of halogens is 3. The van der Waals surface area contributed by atoms with E-state index in [1.54, 1.807) is 13.0 Å². The van der Waals surface area contributed by atoms with Crippen LogP contribution in [0.2, 0.25) is 0 Å². The van der Waals surface area contributed by atoms with Crippen molar-refractivity contribution in [1.82, 2.24) is 0 Å². The Balaban J connectivity index is 2.17. The lowest BCUT2D eigenvalue weighted by molar-refractivity contribution is -0.137. The van der Waals surface area contributed by atoms with E-state index < -0.39 is 19.3 Å². The van der Waals surface area contributed by atoms with Gasteiger partial charge in [-0.2, -0.15) is 13.2 Å². The van der Waals surface area contributed by atoms with Gasteiger partial charge < -0.3 is 4.52 Å². The molecule has 0 aromatic heterocycles. The number of aryl methyl sites for hydroxylation is 2. The Morgan fingerprint density at radius 1 is 1.12 bits per heavy atom. The summed E-state index contributed by atoms with van der Waals surface area (Å²) in [6.45, 7) is 5.66. The second-order valence-corrected chi connectivity index (χ2v) is 7.90. The van der Waals surface area contributed by atoms with E-state index in [9.17, 15) is 17.7 Å². The number of hydrogen-bond donors (Lipinski definition) is 0. The van der Waals surface area contributed by atoms with Crippen LogP contribution in [0.3, 0.4) is 0 Å². The number of fused-ring (bicyclic) bond motifs is 1. The molecule has 0 spiro atoms. The first-order valence-corrected chi connectivity index (χ1v) is 9.70. The second-order valence-electron chi connectivity index (χ2n) is 6.12. The Hall–Kier alpha value is -2.04. The van der Waals surface area contributed by atoms with E-state index in [-0.39, 0.29) is 6.61 Å². The molecule has 1 heterocycles. The Kier molecular flexibility index (Phi) is 4.76. The molecule has 1 aliphatic heterocycles. The van der Waals surface area contributed by atoms with Crippen LogP contribution in [0.1, 0.15) is 34.7 Å². The average molecular weight is 382 g/mol.